The Morgan fingerprint density at radius 1 is 1.11 bits per heavy atom. The van der Waals surface area contributed by atoms with Gasteiger partial charge in [-0.2, -0.15) is 0 Å². The quantitative estimate of drug-likeness (QED) is 0.791. The lowest BCUT2D eigenvalue weighted by molar-refractivity contribution is 0.0735. The largest absolute Gasteiger partial charge is 0.336 e. The van der Waals surface area contributed by atoms with Crippen LogP contribution in [0.1, 0.15) is 21.5 Å². The molecule has 0 aliphatic carbocycles. The summed E-state index contributed by atoms with van der Waals surface area (Å²) in [7, 11) is -3.71. The Labute approximate surface area is 166 Å². The first-order valence-electron chi connectivity index (χ1n) is 8.61. The Morgan fingerprint density at radius 2 is 1.78 bits per heavy atom. The van der Waals surface area contributed by atoms with E-state index in [1.165, 1.54) is 6.07 Å². The van der Waals surface area contributed by atoms with Gasteiger partial charge in [0.2, 0.25) is 10.0 Å². The van der Waals surface area contributed by atoms with Gasteiger partial charge >= 0.3 is 0 Å². The summed E-state index contributed by atoms with van der Waals surface area (Å²) < 4.78 is 28.1. The van der Waals surface area contributed by atoms with E-state index in [4.69, 9.17) is 0 Å². The third-order valence-corrected chi connectivity index (χ3v) is 5.98. The fraction of sp³-hybridized carbons (Fsp3) is 0.316. The van der Waals surface area contributed by atoms with Crippen molar-refractivity contribution in [3.8, 4) is 0 Å². The average molecular weight is 410 g/mol. The van der Waals surface area contributed by atoms with E-state index in [0.717, 1.165) is 18.7 Å². The number of piperazine rings is 1. The van der Waals surface area contributed by atoms with E-state index in [1.807, 2.05) is 30.3 Å². The molecule has 2 aromatic carbocycles. The second-order valence-electron chi connectivity index (χ2n) is 6.33. The molecule has 1 amide bonds. The smallest absolute Gasteiger partial charge is 0.253 e. The fourth-order valence-electron chi connectivity index (χ4n) is 2.93. The molecule has 0 atom stereocenters. The molecule has 2 N–H and O–H groups in total. The van der Waals surface area contributed by atoms with E-state index in [9.17, 15) is 13.2 Å². The number of benzene rings is 2. The average Bonchev–Trinajstić information content (AvgIpc) is 2.68. The Kier molecular flexibility index (Phi) is 7.38. The first-order chi connectivity index (χ1) is 12.5. The van der Waals surface area contributed by atoms with Crippen LogP contribution in [-0.2, 0) is 16.6 Å². The minimum absolute atomic E-state index is 0. The number of nitrogens with zero attached hydrogens (tertiary/aromatic N) is 1. The Balaban J connectivity index is 0.00000261. The molecule has 1 aliphatic rings. The molecule has 146 valence electrons. The van der Waals surface area contributed by atoms with Gasteiger partial charge in [0.05, 0.1) is 4.90 Å². The monoisotopic (exact) mass is 409 g/mol. The second kappa shape index (κ2) is 9.32. The highest BCUT2D eigenvalue weighted by Gasteiger charge is 2.22. The third kappa shape index (κ3) is 5.29. The van der Waals surface area contributed by atoms with Crippen LogP contribution in [0.2, 0.25) is 0 Å². The summed E-state index contributed by atoms with van der Waals surface area (Å²) in [4.78, 5) is 14.5. The lowest BCUT2D eigenvalue weighted by Gasteiger charge is -2.27. The highest BCUT2D eigenvalue weighted by molar-refractivity contribution is 7.89. The Morgan fingerprint density at radius 3 is 2.44 bits per heavy atom. The third-order valence-electron chi connectivity index (χ3n) is 4.44. The molecule has 1 fully saturated rings. The van der Waals surface area contributed by atoms with Crippen LogP contribution in [0, 0.1) is 6.92 Å². The van der Waals surface area contributed by atoms with Gasteiger partial charge in [-0.1, -0.05) is 36.4 Å². The molecule has 2 aromatic rings. The molecule has 1 heterocycles. The number of carbonyl (C=O) groups excluding carboxylic acids is 1. The van der Waals surface area contributed by atoms with Crippen molar-refractivity contribution in [1.29, 1.82) is 0 Å². The molecule has 0 radical (unpaired) electrons. The number of nitrogens with one attached hydrogen (secondary N) is 2. The zero-order valence-corrected chi connectivity index (χ0v) is 16.8. The SMILES string of the molecule is Cc1ccc(C(=O)N2CCNCC2)cc1S(=O)(=O)NCc1ccccc1.Cl. The highest BCUT2D eigenvalue weighted by atomic mass is 35.5. The molecule has 6 nitrogen and oxygen atoms in total. The van der Waals surface area contributed by atoms with Crippen LogP contribution >= 0.6 is 12.4 Å². The van der Waals surface area contributed by atoms with Crippen molar-refractivity contribution in [1.82, 2.24) is 14.9 Å². The summed E-state index contributed by atoms with van der Waals surface area (Å²) >= 11 is 0. The van der Waals surface area contributed by atoms with Crippen LogP contribution in [0.15, 0.2) is 53.4 Å². The van der Waals surface area contributed by atoms with Crippen molar-refractivity contribution in [2.24, 2.45) is 0 Å². The van der Waals surface area contributed by atoms with Gasteiger partial charge in [-0.15, -0.1) is 12.4 Å². The number of halogens is 1. The van der Waals surface area contributed by atoms with Gasteiger partial charge in [-0.05, 0) is 30.2 Å². The van der Waals surface area contributed by atoms with Crippen LogP contribution in [0.4, 0.5) is 0 Å². The van der Waals surface area contributed by atoms with E-state index in [1.54, 1.807) is 24.0 Å². The number of amides is 1. The van der Waals surface area contributed by atoms with Crippen molar-refractivity contribution in [3.63, 3.8) is 0 Å². The molecule has 27 heavy (non-hydrogen) atoms. The van der Waals surface area contributed by atoms with Gasteiger partial charge in [0.15, 0.2) is 0 Å². The molecule has 0 unspecified atom stereocenters. The van der Waals surface area contributed by atoms with Crippen LogP contribution in [0.25, 0.3) is 0 Å². The van der Waals surface area contributed by atoms with Crippen molar-refractivity contribution in [3.05, 3.63) is 65.2 Å². The molecule has 3 rings (SSSR count). The second-order valence-corrected chi connectivity index (χ2v) is 8.07. The molecule has 0 spiro atoms. The van der Waals surface area contributed by atoms with Gasteiger partial charge in [0.1, 0.15) is 0 Å². The molecular weight excluding hydrogens is 386 g/mol. The molecule has 0 saturated carbocycles. The van der Waals surface area contributed by atoms with Gasteiger partial charge in [0.25, 0.3) is 5.91 Å². The minimum atomic E-state index is -3.71. The normalized spacial score (nSPS) is 14.5. The summed E-state index contributed by atoms with van der Waals surface area (Å²) in [6, 6.07) is 14.2. The lowest BCUT2D eigenvalue weighted by atomic mass is 10.1. The van der Waals surface area contributed by atoms with E-state index in [-0.39, 0.29) is 29.8 Å². The maximum atomic E-state index is 12.7. The number of hydrogen-bond donors (Lipinski definition) is 2. The molecule has 8 heteroatoms. The van der Waals surface area contributed by atoms with Crippen molar-refractivity contribution in [2.45, 2.75) is 18.4 Å². The number of hydrogen-bond acceptors (Lipinski definition) is 4. The first-order valence-corrected chi connectivity index (χ1v) is 10.1. The number of sulfonamides is 1. The zero-order valence-electron chi connectivity index (χ0n) is 15.1. The van der Waals surface area contributed by atoms with E-state index < -0.39 is 10.0 Å². The van der Waals surface area contributed by atoms with Crippen molar-refractivity contribution >= 4 is 28.3 Å². The van der Waals surface area contributed by atoms with Crippen LogP contribution in [-0.4, -0.2) is 45.4 Å². The highest BCUT2D eigenvalue weighted by Crippen LogP contribution is 2.19. The van der Waals surface area contributed by atoms with Gasteiger partial charge < -0.3 is 10.2 Å². The summed E-state index contributed by atoms with van der Waals surface area (Å²) in [6.07, 6.45) is 0. The van der Waals surface area contributed by atoms with Crippen molar-refractivity contribution < 1.29 is 13.2 Å². The predicted molar refractivity (Wildman–Crippen MR) is 108 cm³/mol. The maximum Gasteiger partial charge on any atom is 0.253 e. The zero-order chi connectivity index (χ0) is 18.6. The maximum absolute atomic E-state index is 12.7. The van der Waals surface area contributed by atoms with Crippen LogP contribution in [0.5, 0.6) is 0 Å². The minimum Gasteiger partial charge on any atom is -0.336 e. The van der Waals surface area contributed by atoms with E-state index >= 15 is 0 Å². The Hall–Kier alpha value is -1.93. The topological polar surface area (TPSA) is 78.5 Å². The summed E-state index contributed by atoms with van der Waals surface area (Å²) in [5.74, 6) is -0.133. The van der Waals surface area contributed by atoms with Gasteiger partial charge in [0, 0.05) is 38.3 Å². The molecule has 0 bridgehead atoms. The standard InChI is InChI=1S/C19H23N3O3S.ClH/c1-15-7-8-17(19(23)22-11-9-20-10-12-22)13-18(15)26(24,25)21-14-16-5-3-2-4-6-16;/h2-8,13,20-21H,9-12,14H2,1H3;1H. The van der Waals surface area contributed by atoms with Gasteiger partial charge in [-0.25, -0.2) is 13.1 Å². The molecule has 1 saturated heterocycles. The van der Waals surface area contributed by atoms with E-state index in [0.29, 0.717) is 24.2 Å². The predicted octanol–water partition coefficient (Wildman–Crippen LogP) is 1.94. The fourth-order valence-corrected chi connectivity index (χ4v) is 4.21. The summed E-state index contributed by atoms with van der Waals surface area (Å²) in [5.41, 5.74) is 1.89. The number of rotatable bonds is 5. The number of aryl methyl sites for hydroxylation is 1. The first kappa shape index (κ1) is 21.4. The van der Waals surface area contributed by atoms with Crippen molar-refractivity contribution in [2.75, 3.05) is 26.2 Å². The van der Waals surface area contributed by atoms with E-state index in [2.05, 4.69) is 10.0 Å². The van der Waals surface area contributed by atoms with Gasteiger partial charge in [-0.3, -0.25) is 4.79 Å². The summed E-state index contributed by atoms with van der Waals surface area (Å²) in [6.45, 7) is 4.69. The summed E-state index contributed by atoms with van der Waals surface area (Å²) in [5, 5.41) is 3.20. The number of carbonyl (C=O) groups is 1. The molecule has 0 aromatic heterocycles. The lowest BCUT2D eigenvalue weighted by Crippen LogP contribution is -2.46. The van der Waals surface area contributed by atoms with Crippen LogP contribution < -0.4 is 10.0 Å². The molecular formula is C19H24ClN3O3S. The van der Waals surface area contributed by atoms with Crippen LogP contribution in [0.3, 0.4) is 0 Å². The molecule has 1 aliphatic heterocycles. The Bertz CT molecular complexity index is 882.